The number of hydrogen-bond donors (Lipinski definition) is 15. The second-order valence-electron chi connectivity index (χ2n) is 27.5. The van der Waals surface area contributed by atoms with Crippen LogP contribution in [0, 0.1) is 11.8 Å². The minimum absolute atomic E-state index is 0.0252. The van der Waals surface area contributed by atoms with Crippen molar-refractivity contribution in [3.05, 3.63) is 95.3 Å². The first-order chi connectivity index (χ1) is 49.7. The summed E-state index contributed by atoms with van der Waals surface area (Å²) in [6, 6.07) is 2.65. The molecule has 0 saturated carbocycles. The van der Waals surface area contributed by atoms with E-state index in [-0.39, 0.29) is 82.7 Å². The van der Waals surface area contributed by atoms with Gasteiger partial charge in [0, 0.05) is 52.7 Å². The lowest BCUT2D eigenvalue weighted by Gasteiger charge is -2.34. The predicted molar refractivity (Wildman–Crippen MR) is 378 cm³/mol. The zero-order valence-corrected chi connectivity index (χ0v) is 61.0. The third-order valence-electron chi connectivity index (χ3n) is 18.3. The summed E-state index contributed by atoms with van der Waals surface area (Å²) in [5.41, 5.74) is 5.74. The molecule has 5 rings (SSSR count). The van der Waals surface area contributed by atoms with E-state index in [0.717, 1.165) is 33.8 Å². The molecule has 14 atom stereocenters. The molecule has 578 valence electrons. The van der Waals surface area contributed by atoms with Crippen molar-refractivity contribution in [2.75, 3.05) is 33.3 Å². The molecule has 16 N–H and O–H groups in total. The van der Waals surface area contributed by atoms with Gasteiger partial charge in [0.2, 0.25) is 59.1 Å². The summed E-state index contributed by atoms with van der Waals surface area (Å²) in [5.74, 6) is -14.5. The summed E-state index contributed by atoms with van der Waals surface area (Å²) in [4.78, 5) is 202. The Hall–Kier alpha value is -9.70. The van der Waals surface area contributed by atoms with Crippen LogP contribution in [0.1, 0.15) is 137 Å². The van der Waals surface area contributed by atoms with Gasteiger partial charge in [-0.2, -0.15) is 0 Å². The molecule has 0 spiro atoms. The first kappa shape index (κ1) is 85.9. The summed E-state index contributed by atoms with van der Waals surface area (Å²) in [6.07, 6.45) is -8.89. The van der Waals surface area contributed by atoms with Crippen LogP contribution >= 0.6 is 0 Å². The average molecular weight is 1470 g/mol. The number of hydrogen-bond acceptors (Lipinski definition) is 20. The number of benzene rings is 2. The Kier molecular flexibility index (Phi) is 34.1. The molecule has 33 heteroatoms. The zero-order valence-electron chi connectivity index (χ0n) is 61.0. The number of fused-ring (bicyclic) bond motifs is 2. The van der Waals surface area contributed by atoms with Crippen molar-refractivity contribution in [1.82, 2.24) is 62.6 Å². The maximum Gasteiger partial charge on any atom is 0.329 e. The molecule has 105 heavy (non-hydrogen) atoms. The van der Waals surface area contributed by atoms with E-state index in [2.05, 4.69) is 47.9 Å². The first-order valence-electron chi connectivity index (χ1n) is 35.5. The van der Waals surface area contributed by atoms with Crippen LogP contribution in [-0.4, -0.2) is 241 Å². The molecular formula is C72H105N13O20. The quantitative estimate of drug-likeness (QED) is 0.0420. The van der Waals surface area contributed by atoms with E-state index in [1.165, 1.54) is 27.8 Å². The van der Waals surface area contributed by atoms with Gasteiger partial charge < -0.3 is 98.6 Å². The Balaban J connectivity index is 1.65. The number of aliphatic hydroxyl groups is 5. The van der Waals surface area contributed by atoms with Crippen LogP contribution in [0.3, 0.4) is 0 Å². The number of aliphatic hydroxyl groups excluding tert-OH is 5. The fourth-order valence-electron chi connectivity index (χ4n) is 12.4. The normalized spacial score (nSPS) is 25.1. The van der Waals surface area contributed by atoms with Crippen molar-refractivity contribution in [3.63, 3.8) is 0 Å². The van der Waals surface area contributed by atoms with Gasteiger partial charge in [-0.15, -0.1) is 0 Å². The molecule has 0 aromatic heterocycles. The van der Waals surface area contributed by atoms with Crippen LogP contribution in [0.4, 0.5) is 0 Å². The number of nitrogens with two attached hydrogens (primary N) is 1. The second-order valence-corrected chi connectivity index (χ2v) is 27.5. The van der Waals surface area contributed by atoms with E-state index < -0.39 is 218 Å². The van der Waals surface area contributed by atoms with Gasteiger partial charge in [-0.25, -0.2) is 4.79 Å². The number of likely N-dealkylation sites (N-methyl/N-ethyl adjacent to an activating group) is 1. The number of aryl methyl sites for hydroxylation is 1. The van der Waals surface area contributed by atoms with Gasteiger partial charge in [-0.1, -0.05) is 101 Å². The minimum Gasteiger partial charge on any atom is -0.461 e. The zero-order chi connectivity index (χ0) is 77.9. The Morgan fingerprint density at radius 3 is 1.70 bits per heavy atom. The van der Waals surface area contributed by atoms with Crippen molar-refractivity contribution >= 4 is 82.8 Å². The lowest BCUT2D eigenvalue weighted by molar-refractivity contribution is -0.162. The van der Waals surface area contributed by atoms with Crippen molar-refractivity contribution < 1.29 is 97.4 Å². The number of primary amides is 1. The third-order valence-corrected chi connectivity index (χ3v) is 18.3. The molecule has 3 fully saturated rings. The SMILES string of the molecule is C/C=C1\NC(=O)[C@H](Cc2ccccc2)NC(=O)[C@@H]2CCCN2C(=O)CNC(=O)[C@@H](CCC(N)=O)NC(=O)C(O)[C@@H](CC(CC(O)C(O)CC(C)C)OC(=O)[C@H](CC(C)C)N(C)C(C)=O)NC(=O)[C@@H]2CCCN2C(=O)[C@@H](CCc2ccccc2)NC(=O)[C@H]([C@@H](C)O)NC(=O)/C(=C\C)NC(=O)[C@H](CO)NC1=O. The second kappa shape index (κ2) is 41.7. The molecule has 13 amide bonds. The van der Waals surface area contributed by atoms with Gasteiger partial charge in [0.15, 0.2) is 6.10 Å². The number of carbonyl (C=O) groups is 14. The minimum atomic E-state index is -2.48. The molecule has 2 aromatic carbocycles. The van der Waals surface area contributed by atoms with Crippen LogP contribution in [0.15, 0.2) is 84.2 Å². The molecule has 3 aliphatic heterocycles. The van der Waals surface area contributed by atoms with Gasteiger partial charge in [0.1, 0.15) is 65.8 Å². The van der Waals surface area contributed by atoms with Crippen LogP contribution in [0.5, 0.6) is 0 Å². The number of esters is 1. The molecule has 0 bridgehead atoms. The van der Waals surface area contributed by atoms with Crippen LogP contribution in [-0.2, 0) is 84.7 Å². The van der Waals surface area contributed by atoms with E-state index in [1.54, 1.807) is 88.4 Å². The maximum atomic E-state index is 15.2. The van der Waals surface area contributed by atoms with Crippen molar-refractivity contribution in [2.24, 2.45) is 17.6 Å². The fourth-order valence-corrected chi connectivity index (χ4v) is 12.4. The highest BCUT2D eigenvalue weighted by Gasteiger charge is 2.44. The lowest BCUT2D eigenvalue weighted by Crippen LogP contribution is -2.61. The molecule has 4 unspecified atom stereocenters. The Morgan fingerprint density at radius 1 is 0.619 bits per heavy atom. The van der Waals surface area contributed by atoms with Crippen LogP contribution in [0.2, 0.25) is 0 Å². The maximum absolute atomic E-state index is 15.2. The lowest BCUT2D eigenvalue weighted by atomic mass is 9.93. The van der Waals surface area contributed by atoms with E-state index >= 15 is 9.59 Å². The molecule has 0 radical (unpaired) electrons. The van der Waals surface area contributed by atoms with Gasteiger partial charge >= 0.3 is 5.97 Å². The van der Waals surface area contributed by atoms with Gasteiger partial charge in [-0.05, 0) is 102 Å². The van der Waals surface area contributed by atoms with E-state index in [9.17, 15) is 83.1 Å². The predicted octanol–water partition coefficient (Wildman–Crippen LogP) is -2.73. The topological polar surface area (TPSA) is 493 Å². The monoisotopic (exact) mass is 1470 g/mol. The van der Waals surface area contributed by atoms with Crippen molar-refractivity contribution in [2.45, 2.75) is 224 Å². The molecule has 2 aromatic rings. The standard InChI is InChI=1S/C72H105N13O20/c1-10-46-63(95)81-52(38-86)66(98)76-47(11-2)64(96)82-60(41(7)87)69(101)78-49(27-26-43-20-14-12-15-21-43)71(103)85-31-19-25-54(85)68(100)79-50(35-45(36-57(90)56(89)33-40(5)6)105-72(104)55(32-39(3)4)83(9)42(8)88)61(93)70(102)77-48(28-29-58(73)91)62(94)74-37-59(92)84-30-18-24-53(84)67(99)80-51(65(97)75-46)34-44-22-16-13-17-23-44/h10-17,20-23,39-41,45,48-57,60-61,86-87,89-90,93H,18-19,24-38H2,1-9H3,(H2,73,91)(H,74,94)(H,75,97)(H,76,98)(H,77,102)(H,78,101)(H,79,100)(H,80,99)(H,81,95)(H,82,96)/b46-10-,47-11+/t41-,45?,48-,49-,50-,51+,52+,53+,54+,55+,56?,57?,60+,61?/m1/s1. The smallest absolute Gasteiger partial charge is 0.329 e. The summed E-state index contributed by atoms with van der Waals surface area (Å²) < 4.78 is 6.07. The van der Waals surface area contributed by atoms with Crippen molar-refractivity contribution in [3.8, 4) is 0 Å². The number of ether oxygens (including phenoxy) is 1. The van der Waals surface area contributed by atoms with Gasteiger partial charge in [0.25, 0.3) is 17.7 Å². The summed E-state index contributed by atoms with van der Waals surface area (Å²) >= 11 is 0. The third kappa shape index (κ3) is 26.1. The average Bonchev–Trinajstić information content (AvgIpc) is 1.76. The number of amides is 13. The van der Waals surface area contributed by atoms with Gasteiger partial charge in [0.05, 0.1) is 37.5 Å². The Morgan fingerprint density at radius 2 is 1.14 bits per heavy atom. The Bertz CT molecular complexity index is 3450. The molecule has 3 heterocycles. The van der Waals surface area contributed by atoms with E-state index in [4.69, 9.17) is 10.5 Å². The first-order valence-corrected chi connectivity index (χ1v) is 35.5. The highest BCUT2D eigenvalue weighted by Crippen LogP contribution is 2.26. The molecule has 3 aliphatic rings. The van der Waals surface area contributed by atoms with Crippen LogP contribution < -0.4 is 53.6 Å². The number of allylic oxidation sites excluding steroid dienone is 2. The van der Waals surface area contributed by atoms with Crippen LogP contribution in [0.25, 0.3) is 0 Å². The highest BCUT2D eigenvalue weighted by molar-refractivity contribution is 6.04. The number of rotatable bonds is 22. The molecule has 3 saturated heterocycles. The molecule has 33 nitrogen and oxygen atoms in total. The largest absolute Gasteiger partial charge is 0.461 e. The molecule has 0 aliphatic carbocycles. The van der Waals surface area contributed by atoms with E-state index in [1.807, 2.05) is 0 Å². The molecular weight excluding hydrogens is 1370 g/mol. The van der Waals surface area contributed by atoms with Crippen molar-refractivity contribution in [1.29, 1.82) is 0 Å². The summed E-state index contributed by atoms with van der Waals surface area (Å²) in [6.45, 7) is 10.1. The van der Waals surface area contributed by atoms with Gasteiger partial charge in [-0.3, -0.25) is 62.3 Å². The summed E-state index contributed by atoms with van der Waals surface area (Å²) in [7, 11) is 1.36. The Labute approximate surface area is 610 Å². The number of nitrogens with one attached hydrogen (secondary N) is 9. The van der Waals surface area contributed by atoms with E-state index in [0.29, 0.717) is 11.1 Å². The fraction of sp³-hybridized carbons (Fsp3) is 0.583. The highest BCUT2D eigenvalue weighted by atomic mass is 16.5. The number of carbonyl (C=O) groups excluding carboxylic acids is 14. The number of nitrogens with zero attached hydrogens (tertiary/aromatic N) is 3. The summed E-state index contributed by atoms with van der Waals surface area (Å²) in [5, 5.41) is 78.8.